The number of aryl methyl sites for hydroxylation is 1. The summed E-state index contributed by atoms with van der Waals surface area (Å²) < 4.78 is 44.0. The van der Waals surface area contributed by atoms with Gasteiger partial charge in [0.05, 0.1) is 36.1 Å². The highest BCUT2D eigenvalue weighted by Gasteiger charge is 2.35. The van der Waals surface area contributed by atoms with Gasteiger partial charge in [-0.05, 0) is 38.5 Å². The van der Waals surface area contributed by atoms with Crippen LogP contribution in [0.4, 0.5) is 29.3 Å². The van der Waals surface area contributed by atoms with E-state index in [-0.39, 0.29) is 31.1 Å². The highest BCUT2D eigenvalue weighted by Crippen LogP contribution is 2.39. The molecule has 3 rings (SSSR count). The molecular formula is C21H25F3N4O3. The van der Waals surface area contributed by atoms with Crippen molar-refractivity contribution in [3.05, 3.63) is 30.6 Å². The molecule has 7 nitrogen and oxygen atoms in total. The standard InChI is InChI=1S/C21H25F3N4O3/c1-13(2)31-20(30)27-11-14(3)28(15(4)29)18-6-5-16(9-19(18)27)17-10-25-26(12-17)8-7-21(22,23)24/h5-6,9-10,12-14H,7-8,11H2,1-4H3. The van der Waals surface area contributed by atoms with Crippen molar-refractivity contribution in [1.29, 1.82) is 0 Å². The molecule has 0 saturated heterocycles. The third-order valence-electron chi connectivity index (χ3n) is 4.90. The number of carbonyl (C=O) groups is 2. The lowest BCUT2D eigenvalue weighted by atomic mass is 10.0. The number of nitrogens with zero attached hydrogens (tertiary/aromatic N) is 4. The molecule has 2 aromatic rings. The highest BCUT2D eigenvalue weighted by molar-refractivity contribution is 6.03. The Bertz CT molecular complexity index is 971. The fraction of sp³-hybridized carbons (Fsp3) is 0.476. The van der Waals surface area contributed by atoms with E-state index < -0.39 is 18.7 Å². The molecule has 2 heterocycles. The van der Waals surface area contributed by atoms with Crippen LogP contribution in [0, 0.1) is 0 Å². The second kappa shape index (κ2) is 8.60. The molecule has 2 amide bonds. The molecule has 0 saturated carbocycles. The topological polar surface area (TPSA) is 67.7 Å². The summed E-state index contributed by atoms with van der Waals surface area (Å²) >= 11 is 0. The summed E-state index contributed by atoms with van der Waals surface area (Å²) in [5, 5.41) is 4.00. The predicted octanol–water partition coefficient (Wildman–Crippen LogP) is 4.61. The summed E-state index contributed by atoms with van der Waals surface area (Å²) in [6.07, 6.45) is -3.07. The van der Waals surface area contributed by atoms with Crippen LogP contribution >= 0.6 is 0 Å². The van der Waals surface area contributed by atoms with Crippen LogP contribution in [0.15, 0.2) is 30.6 Å². The Labute approximate surface area is 178 Å². The monoisotopic (exact) mass is 438 g/mol. The Morgan fingerprint density at radius 3 is 2.55 bits per heavy atom. The van der Waals surface area contributed by atoms with Crippen molar-refractivity contribution in [1.82, 2.24) is 9.78 Å². The minimum absolute atomic E-state index is 0.154. The average molecular weight is 438 g/mol. The molecular weight excluding hydrogens is 413 g/mol. The third-order valence-corrected chi connectivity index (χ3v) is 4.90. The third kappa shape index (κ3) is 5.18. The number of hydrogen-bond acceptors (Lipinski definition) is 4. The molecule has 1 atom stereocenters. The van der Waals surface area contributed by atoms with Crippen LogP contribution in [-0.2, 0) is 16.1 Å². The molecule has 1 aromatic carbocycles. The van der Waals surface area contributed by atoms with Gasteiger partial charge in [-0.1, -0.05) is 6.07 Å². The van der Waals surface area contributed by atoms with Gasteiger partial charge in [0.15, 0.2) is 0 Å². The summed E-state index contributed by atoms with van der Waals surface area (Å²) in [5.41, 5.74) is 2.34. The van der Waals surface area contributed by atoms with E-state index in [0.717, 1.165) is 0 Å². The van der Waals surface area contributed by atoms with E-state index >= 15 is 0 Å². The van der Waals surface area contributed by atoms with Crippen LogP contribution in [0.1, 0.15) is 34.1 Å². The largest absolute Gasteiger partial charge is 0.446 e. The summed E-state index contributed by atoms with van der Waals surface area (Å²) in [5.74, 6) is -0.154. The first-order valence-electron chi connectivity index (χ1n) is 9.98. The number of alkyl halides is 3. The summed E-state index contributed by atoms with van der Waals surface area (Å²) in [4.78, 5) is 28.0. The Balaban J connectivity index is 1.97. The molecule has 0 aliphatic carbocycles. The minimum Gasteiger partial charge on any atom is -0.446 e. The van der Waals surface area contributed by atoms with Gasteiger partial charge in [0.1, 0.15) is 0 Å². The van der Waals surface area contributed by atoms with Gasteiger partial charge in [0.25, 0.3) is 0 Å². The van der Waals surface area contributed by atoms with E-state index in [1.54, 1.807) is 36.9 Å². The van der Waals surface area contributed by atoms with Crippen molar-refractivity contribution in [2.45, 2.75) is 59.0 Å². The smallest absolute Gasteiger partial charge is 0.414 e. The second-order valence-corrected chi connectivity index (χ2v) is 7.84. The highest BCUT2D eigenvalue weighted by atomic mass is 19.4. The number of benzene rings is 1. The molecule has 10 heteroatoms. The van der Waals surface area contributed by atoms with Gasteiger partial charge in [0.2, 0.25) is 5.91 Å². The molecule has 1 aliphatic rings. The van der Waals surface area contributed by atoms with Crippen molar-refractivity contribution < 1.29 is 27.5 Å². The Morgan fingerprint density at radius 1 is 1.23 bits per heavy atom. The fourth-order valence-corrected chi connectivity index (χ4v) is 3.60. The van der Waals surface area contributed by atoms with E-state index in [1.807, 2.05) is 6.92 Å². The average Bonchev–Trinajstić information content (AvgIpc) is 3.13. The van der Waals surface area contributed by atoms with E-state index in [2.05, 4.69) is 5.10 Å². The molecule has 168 valence electrons. The summed E-state index contributed by atoms with van der Waals surface area (Å²) in [6.45, 7) is 6.78. The molecule has 0 spiro atoms. The number of amides is 2. The lowest BCUT2D eigenvalue weighted by molar-refractivity contribution is -0.137. The summed E-state index contributed by atoms with van der Waals surface area (Å²) in [7, 11) is 0. The van der Waals surface area contributed by atoms with Crippen LogP contribution in [0.5, 0.6) is 0 Å². The van der Waals surface area contributed by atoms with Crippen LogP contribution < -0.4 is 9.80 Å². The SMILES string of the molecule is CC(=O)N1c2ccc(-c3cnn(CCC(F)(F)F)c3)cc2N(C(=O)OC(C)C)CC1C. The van der Waals surface area contributed by atoms with E-state index in [4.69, 9.17) is 4.74 Å². The van der Waals surface area contributed by atoms with Crippen molar-refractivity contribution in [3.63, 3.8) is 0 Å². The number of rotatable bonds is 4. The first kappa shape index (κ1) is 22.6. The van der Waals surface area contributed by atoms with Gasteiger partial charge >= 0.3 is 12.3 Å². The van der Waals surface area contributed by atoms with Crippen LogP contribution in [0.25, 0.3) is 11.1 Å². The van der Waals surface area contributed by atoms with Crippen molar-refractivity contribution in [3.8, 4) is 11.1 Å². The number of ether oxygens (including phenoxy) is 1. The quantitative estimate of drug-likeness (QED) is 0.699. The molecule has 0 N–H and O–H groups in total. The zero-order valence-corrected chi connectivity index (χ0v) is 17.8. The lowest BCUT2D eigenvalue weighted by Gasteiger charge is -2.40. The second-order valence-electron chi connectivity index (χ2n) is 7.84. The molecule has 0 radical (unpaired) electrons. The van der Waals surface area contributed by atoms with Crippen molar-refractivity contribution in [2.24, 2.45) is 0 Å². The first-order chi connectivity index (χ1) is 14.5. The predicted molar refractivity (Wildman–Crippen MR) is 110 cm³/mol. The maximum atomic E-state index is 12.7. The van der Waals surface area contributed by atoms with E-state index in [0.29, 0.717) is 22.5 Å². The Hall–Kier alpha value is -3.04. The van der Waals surface area contributed by atoms with Gasteiger partial charge in [0, 0.05) is 31.8 Å². The molecule has 1 aliphatic heterocycles. The fourth-order valence-electron chi connectivity index (χ4n) is 3.60. The molecule has 1 aromatic heterocycles. The van der Waals surface area contributed by atoms with E-state index in [1.165, 1.54) is 28.9 Å². The van der Waals surface area contributed by atoms with Gasteiger partial charge in [-0.15, -0.1) is 0 Å². The van der Waals surface area contributed by atoms with Crippen LogP contribution in [0.3, 0.4) is 0 Å². The van der Waals surface area contributed by atoms with Crippen molar-refractivity contribution >= 4 is 23.4 Å². The van der Waals surface area contributed by atoms with E-state index in [9.17, 15) is 22.8 Å². The van der Waals surface area contributed by atoms with Gasteiger partial charge in [-0.25, -0.2) is 4.79 Å². The lowest BCUT2D eigenvalue weighted by Crippen LogP contribution is -2.51. The number of anilines is 2. The summed E-state index contributed by atoms with van der Waals surface area (Å²) in [6, 6.07) is 4.96. The molecule has 1 unspecified atom stereocenters. The molecule has 31 heavy (non-hydrogen) atoms. The number of halogens is 3. The first-order valence-corrected chi connectivity index (χ1v) is 9.98. The molecule has 0 bridgehead atoms. The number of hydrogen-bond donors (Lipinski definition) is 0. The van der Waals surface area contributed by atoms with Crippen LogP contribution in [0.2, 0.25) is 0 Å². The minimum atomic E-state index is -4.26. The number of aromatic nitrogens is 2. The van der Waals surface area contributed by atoms with Crippen molar-refractivity contribution in [2.75, 3.05) is 16.3 Å². The maximum Gasteiger partial charge on any atom is 0.414 e. The normalized spacial score (nSPS) is 16.5. The zero-order chi connectivity index (χ0) is 22.9. The Morgan fingerprint density at radius 2 is 1.94 bits per heavy atom. The van der Waals surface area contributed by atoms with Gasteiger partial charge in [-0.2, -0.15) is 18.3 Å². The van der Waals surface area contributed by atoms with Gasteiger partial charge < -0.3 is 9.64 Å². The number of carbonyl (C=O) groups excluding carboxylic acids is 2. The van der Waals surface area contributed by atoms with Gasteiger partial charge in [-0.3, -0.25) is 14.4 Å². The van der Waals surface area contributed by atoms with Crippen LogP contribution in [-0.4, -0.2) is 46.6 Å². The number of fused-ring (bicyclic) bond motifs is 1. The Kier molecular flexibility index (Phi) is 6.28. The zero-order valence-electron chi connectivity index (χ0n) is 17.8. The molecule has 0 fully saturated rings. The maximum absolute atomic E-state index is 12.7.